The molecule has 2 amide bonds. The summed E-state index contributed by atoms with van der Waals surface area (Å²) in [4.78, 5) is 22.9. The minimum Gasteiger partial charge on any atom is -0.351 e. The number of amides is 2. The van der Waals surface area contributed by atoms with E-state index < -0.39 is 6.03 Å². The Morgan fingerprint density at radius 2 is 2.00 bits per heavy atom. The van der Waals surface area contributed by atoms with Crippen LogP contribution in [0.5, 0.6) is 0 Å². The summed E-state index contributed by atoms with van der Waals surface area (Å²) in [6.45, 7) is 0. The van der Waals surface area contributed by atoms with Gasteiger partial charge in [0, 0.05) is 17.7 Å². The fourth-order valence-electron chi connectivity index (χ4n) is 2.99. The molecule has 0 saturated heterocycles. The van der Waals surface area contributed by atoms with Crippen molar-refractivity contribution in [1.29, 1.82) is 0 Å². The number of hydrogen-bond acceptors (Lipinski definition) is 2. The molecule has 1 aromatic carbocycles. The maximum Gasteiger partial charge on any atom is 0.316 e. The fourth-order valence-corrected chi connectivity index (χ4v) is 2.99. The van der Waals surface area contributed by atoms with Gasteiger partial charge in [-0.1, -0.05) is 0 Å². The highest BCUT2D eigenvalue weighted by atomic mass is 16.2. The van der Waals surface area contributed by atoms with Gasteiger partial charge in [0.05, 0.1) is 0 Å². The molecule has 0 aromatic heterocycles. The van der Waals surface area contributed by atoms with Gasteiger partial charge in [0.15, 0.2) is 5.78 Å². The number of carbonyl (C=O) groups is 2. The molecule has 0 radical (unpaired) electrons. The van der Waals surface area contributed by atoms with Crippen LogP contribution in [0, 0.1) is 0 Å². The number of aryl methyl sites for hydroxylation is 1. The molecule has 0 unspecified atom stereocenters. The monoisotopic (exact) mass is 230 g/mol. The lowest BCUT2D eigenvalue weighted by Gasteiger charge is -2.12. The van der Waals surface area contributed by atoms with Crippen LogP contribution < -0.4 is 11.1 Å². The number of ketones is 1. The molecule has 0 fully saturated rings. The summed E-state index contributed by atoms with van der Waals surface area (Å²) in [7, 11) is 0. The predicted octanol–water partition coefficient (Wildman–Crippen LogP) is 1.79. The Labute approximate surface area is 99.2 Å². The molecule has 3 rings (SSSR count). The van der Waals surface area contributed by atoms with Crippen LogP contribution in [0.15, 0.2) is 6.07 Å². The lowest BCUT2D eigenvalue weighted by atomic mass is 9.97. The van der Waals surface area contributed by atoms with E-state index in [1.807, 2.05) is 6.07 Å². The Morgan fingerprint density at radius 3 is 2.76 bits per heavy atom. The molecule has 0 spiro atoms. The molecule has 0 atom stereocenters. The van der Waals surface area contributed by atoms with Crippen LogP contribution in [0.4, 0.5) is 10.5 Å². The Hall–Kier alpha value is -1.84. The van der Waals surface area contributed by atoms with Gasteiger partial charge in [-0.25, -0.2) is 4.79 Å². The van der Waals surface area contributed by atoms with Crippen LogP contribution in [-0.2, 0) is 19.3 Å². The minimum atomic E-state index is -0.565. The summed E-state index contributed by atoms with van der Waals surface area (Å²) in [5.74, 6) is 0.214. The Kier molecular flexibility index (Phi) is 2.18. The van der Waals surface area contributed by atoms with E-state index in [0.717, 1.165) is 42.5 Å². The number of hydrogen-bond donors (Lipinski definition) is 2. The number of Topliss-reactive ketones (excluding diaryl/α,β-unsaturated/α-hetero) is 1. The summed E-state index contributed by atoms with van der Waals surface area (Å²) in [6, 6.07) is 1.43. The number of anilines is 1. The van der Waals surface area contributed by atoms with Crippen molar-refractivity contribution in [3.63, 3.8) is 0 Å². The van der Waals surface area contributed by atoms with Crippen LogP contribution in [0.1, 0.15) is 39.9 Å². The molecule has 0 saturated carbocycles. The number of rotatable bonds is 1. The van der Waals surface area contributed by atoms with Crippen molar-refractivity contribution in [2.45, 2.75) is 32.1 Å². The zero-order chi connectivity index (χ0) is 12.0. The molecular weight excluding hydrogens is 216 g/mol. The highest BCUT2D eigenvalue weighted by molar-refractivity contribution is 6.05. The molecule has 88 valence electrons. The summed E-state index contributed by atoms with van der Waals surface area (Å²) in [5, 5.41) is 2.64. The van der Waals surface area contributed by atoms with E-state index >= 15 is 0 Å². The van der Waals surface area contributed by atoms with E-state index in [4.69, 9.17) is 5.73 Å². The number of fused-ring (bicyclic) bond motifs is 3. The quantitative estimate of drug-likeness (QED) is 0.772. The van der Waals surface area contributed by atoms with Crippen LogP contribution in [0.2, 0.25) is 0 Å². The second kappa shape index (κ2) is 3.58. The summed E-state index contributed by atoms with van der Waals surface area (Å²) >= 11 is 0. The predicted molar refractivity (Wildman–Crippen MR) is 64.3 cm³/mol. The maximum atomic E-state index is 11.9. The molecular formula is C13H14N2O2. The Balaban J connectivity index is 2.19. The van der Waals surface area contributed by atoms with Crippen molar-refractivity contribution in [3.05, 3.63) is 28.3 Å². The molecule has 4 nitrogen and oxygen atoms in total. The summed E-state index contributed by atoms with van der Waals surface area (Å²) in [6.07, 6.45) is 4.34. The van der Waals surface area contributed by atoms with Crippen molar-refractivity contribution in [3.8, 4) is 0 Å². The van der Waals surface area contributed by atoms with E-state index in [-0.39, 0.29) is 5.78 Å². The van der Waals surface area contributed by atoms with E-state index in [2.05, 4.69) is 5.32 Å². The van der Waals surface area contributed by atoms with Crippen molar-refractivity contribution >= 4 is 17.5 Å². The van der Waals surface area contributed by atoms with Gasteiger partial charge < -0.3 is 11.1 Å². The molecule has 17 heavy (non-hydrogen) atoms. The minimum absolute atomic E-state index is 0.214. The van der Waals surface area contributed by atoms with E-state index in [0.29, 0.717) is 6.42 Å². The molecule has 0 bridgehead atoms. The van der Waals surface area contributed by atoms with Crippen LogP contribution in [-0.4, -0.2) is 11.8 Å². The molecule has 2 aliphatic rings. The highest BCUT2D eigenvalue weighted by Crippen LogP contribution is 2.38. The van der Waals surface area contributed by atoms with Gasteiger partial charge in [-0.05, 0) is 48.4 Å². The molecule has 0 heterocycles. The zero-order valence-electron chi connectivity index (χ0n) is 9.51. The van der Waals surface area contributed by atoms with Crippen molar-refractivity contribution in [1.82, 2.24) is 0 Å². The Bertz CT molecular complexity index is 535. The second-order valence-electron chi connectivity index (χ2n) is 4.68. The standard InChI is InChI=1S/C13H14N2O2/c14-13(17)15-10-6-7-2-1-3-8(7)12-9(10)4-5-11(12)16/h6H,1-5H2,(H3,14,15,17). The van der Waals surface area contributed by atoms with E-state index in [9.17, 15) is 9.59 Å². The normalized spacial score (nSPS) is 16.8. The van der Waals surface area contributed by atoms with Gasteiger partial charge in [0.2, 0.25) is 0 Å². The van der Waals surface area contributed by atoms with Crippen LogP contribution >= 0.6 is 0 Å². The van der Waals surface area contributed by atoms with Gasteiger partial charge >= 0.3 is 6.03 Å². The van der Waals surface area contributed by atoms with E-state index in [1.165, 1.54) is 11.1 Å². The number of nitrogens with two attached hydrogens (primary N) is 1. The average molecular weight is 230 g/mol. The smallest absolute Gasteiger partial charge is 0.316 e. The highest BCUT2D eigenvalue weighted by Gasteiger charge is 2.29. The lowest BCUT2D eigenvalue weighted by Crippen LogP contribution is -2.20. The number of nitrogens with one attached hydrogen (secondary N) is 1. The fraction of sp³-hybridized carbons (Fsp3) is 0.385. The largest absolute Gasteiger partial charge is 0.351 e. The third-order valence-corrected chi connectivity index (χ3v) is 3.65. The van der Waals surface area contributed by atoms with Crippen molar-refractivity contribution < 1.29 is 9.59 Å². The number of urea groups is 1. The first-order valence-electron chi connectivity index (χ1n) is 5.94. The van der Waals surface area contributed by atoms with Crippen molar-refractivity contribution in [2.24, 2.45) is 5.73 Å². The molecule has 2 aliphatic carbocycles. The maximum absolute atomic E-state index is 11.9. The summed E-state index contributed by atoms with van der Waals surface area (Å²) < 4.78 is 0. The number of carbonyl (C=O) groups excluding carboxylic acids is 2. The first-order chi connectivity index (χ1) is 8.16. The number of benzene rings is 1. The third kappa shape index (κ3) is 1.52. The summed E-state index contributed by atoms with van der Waals surface area (Å²) in [5.41, 5.74) is 10.1. The molecule has 0 aliphatic heterocycles. The van der Waals surface area contributed by atoms with Gasteiger partial charge in [-0.2, -0.15) is 0 Å². The number of primary amides is 1. The van der Waals surface area contributed by atoms with Crippen LogP contribution in [0.25, 0.3) is 0 Å². The topological polar surface area (TPSA) is 72.2 Å². The molecule has 4 heteroatoms. The lowest BCUT2D eigenvalue weighted by molar-refractivity contribution is 0.0994. The molecule has 3 N–H and O–H groups in total. The second-order valence-corrected chi connectivity index (χ2v) is 4.68. The van der Waals surface area contributed by atoms with Gasteiger partial charge in [-0.3, -0.25) is 4.79 Å². The first kappa shape index (κ1) is 10.3. The van der Waals surface area contributed by atoms with Crippen molar-refractivity contribution in [2.75, 3.05) is 5.32 Å². The van der Waals surface area contributed by atoms with Gasteiger partial charge in [0.1, 0.15) is 0 Å². The first-order valence-corrected chi connectivity index (χ1v) is 5.94. The van der Waals surface area contributed by atoms with Gasteiger partial charge in [-0.15, -0.1) is 0 Å². The SMILES string of the molecule is NC(=O)Nc1cc2c(c3c1CCC3=O)CCC2. The van der Waals surface area contributed by atoms with Gasteiger partial charge in [0.25, 0.3) is 0 Å². The molecule has 1 aromatic rings. The zero-order valence-corrected chi connectivity index (χ0v) is 9.51. The Morgan fingerprint density at radius 1 is 1.18 bits per heavy atom. The van der Waals surface area contributed by atoms with Crippen LogP contribution in [0.3, 0.4) is 0 Å². The average Bonchev–Trinajstić information content (AvgIpc) is 2.83. The van der Waals surface area contributed by atoms with E-state index in [1.54, 1.807) is 0 Å². The third-order valence-electron chi connectivity index (χ3n) is 3.65.